The third-order valence-corrected chi connectivity index (χ3v) is 5.98. The molecular formula is C28H23F5N2O4. The van der Waals surface area contributed by atoms with Crippen LogP contribution < -0.4 is 4.74 Å². The molecule has 0 aliphatic rings. The van der Waals surface area contributed by atoms with Gasteiger partial charge in [-0.2, -0.15) is 8.78 Å². The van der Waals surface area contributed by atoms with Crippen LogP contribution in [0.4, 0.5) is 22.0 Å². The summed E-state index contributed by atoms with van der Waals surface area (Å²) in [5, 5.41) is 8.12. The van der Waals surface area contributed by atoms with Crippen LogP contribution in [0.5, 0.6) is 5.75 Å². The fraction of sp³-hybridized carbons (Fsp3) is 0.214. The molecule has 0 bridgehead atoms. The fourth-order valence-electron chi connectivity index (χ4n) is 3.89. The number of ether oxygens (including phenoxy) is 1. The van der Waals surface area contributed by atoms with Gasteiger partial charge in [0, 0.05) is 18.4 Å². The van der Waals surface area contributed by atoms with Crippen molar-refractivity contribution in [2.24, 2.45) is 0 Å². The number of carboxylic acids is 1. The average molecular weight is 546 g/mol. The second-order valence-corrected chi connectivity index (χ2v) is 8.64. The number of nitrogens with zero attached hydrogens (tertiary/aromatic N) is 2. The molecule has 0 spiro atoms. The number of aryl methyl sites for hydroxylation is 1. The zero-order valence-corrected chi connectivity index (χ0v) is 20.6. The highest BCUT2D eigenvalue weighted by Crippen LogP contribution is 2.37. The third-order valence-electron chi connectivity index (χ3n) is 5.98. The maximum atomic E-state index is 14.7. The molecule has 1 atom stereocenters. The Kier molecular flexibility index (Phi) is 8.29. The van der Waals surface area contributed by atoms with Crippen molar-refractivity contribution in [3.05, 3.63) is 107 Å². The Balaban J connectivity index is 1.38. The Hall–Kier alpha value is -4.25. The van der Waals surface area contributed by atoms with Gasteiger partial charge < -0.3 is 14.3 Å². The molecule has 0 radical (unpaired) electrons. The number of oxazole rings is 1. The van der Waals surface area contributed by atoms with Crippen molar-refractivity contribution < 1.29 is 41.1 Å². The number of hydrogen-bond donors (Lipinski definition) is 1. The zero-order valence-electron chi connectivity index (χ0n) is 20.6. The van der Waals surface area contributed by atoms with E-state index in [1.807, 2.05) is 30.3 Å². The molecule has 4 aromatic rings. The van der Waals surface area contributed by atoms with Gasteiger partial charge in [0.2, 0.25) is 5.89 Å². The summed E-state index contributed by atoms with van der Waals surface area (Å²) in [6, 6.07) is 9.87. The summed E-state index contributed by atoms with van der Waals surface area (Å²) in [6.07, 6.45) is -0.243. The minimum absolute atomic E-state index is 0.202. The normalized spacial score (nSPS) is 12.5. The van der Waals surface area contributed by atoms with E-state index in [0.717, 1.165) is 11.6 Å². The largest absolute Gasteiger partial charge is 0.493 e. The molecule has 11 heteroatoms. The summed E-state index contributed by atoms with van der Waals surface area (Å²) in [7, 11) is 0. The summed E-state index contributed by atoms with van der Waals surface area (Å²) in [5.74, 6) is -3.94. The Bertz CT molecular complexity index is 1430. The molecule has 6 nitrogen and oxygen atoms in total. The van der Waals surface area contributed by atoms with Gasteiger partial charge in [0.25, 0.3) is 0 Å². The van der Waals surface area contributed by atoms with Crippen LogP contribution in [0, 0.1) is 18.6 Å². The Morgan fingerprint density at radius 3 is 2.41 bits per heavy atom. The second kappa shape index (κ2) is 11.6. The van der Waals surface area contributed by atoms with Crippen molar-refractivity contribution in [3.63, 3.8) is 0 Å². The minimum Gasteiger partial charge on any atom is -0.493 e. The standard InChI is InChI=1S/C28H23F5N2O4/c1-17-23(34-26(39-17)19-6-3-2-4-7-19)14-15-38-20-12-10-18(11-13-20)16-24(27(36)37)35(33)28(31,32)21-8-5-9-22(29)25(21)30/h2-13,24H,14-16H2,1H3,(H,36,37). The van der Waals surface area contributed by atoms with Crippen LogP contribution in [-0.2, 0) is 23.7 Å². The fourth-order valence-corrected chi connectivity index (χ4v) is 3.89. The SMILES string of the molecule is Cc1oc(-c2ccccc2)nc1CCOc1ccc(CC(C(=O)O)N(F)C(F)(F)c2cccc(F)c2F)cc1. The van der Waals surface area contributed by atoms with E-state index in [1.165, 1.54) is 24.3 Å². The topological polar surface area (TPSA) is 75.8 Å². The Labute approximate surface area is 220 Å². The molecule has 1 heterocycles. The van der Waals surface area contributed by atoms with Crippen LogP contribution in [0.15, 0.2) is 77.2 Å². The van der Waals surface area contributed by atoms with Gasteiger partial charge in [-0.25, -0.2) is 13.8 Å². The van der Waals surface area contributed by atoms with Crippen molar-refractivity contribution in [1.82, 2.24) is 10.1 Å². The van der Waals surface area contributed by atoms with Gasteiger partial charge in [-0.05, 0) is 48.9 Å². The molecule has 204 valence electrons. The van der Waals surface area contributed by atoms with Crippen molar-refractivity contribution in [1.29, 1.82) is 0 Å². The molecule has 1 aromatic heterocycles. The number of hydrogen-bond acceptors (Lipinski definition) is 5. The van der Waals surface area contributed by atoms with Gasteiger partial charge in [0.1, 0.15) is 17.6 Å². The number of rotatable bonds is 11. The third kappa shape index (κ3) is 6.26. The number of alkyl halides is 2. The van der Waals surface area contributed by atoms with E-state index in [4.69, 9.17) is 9.15 Å². The van der Waals surface area contributed by atoms with Crippen molar-refractivity contribution >= 4 is 5.97 Å². The highest BCUT2D eigenvalue weighted by molar-refractivity contribution is 5.74. The first kappa shape index (κ1) is 27.8. The predicted molar refractivity (Wildman–Crippen MR) is 131 cm³/mol. The number of benzene rings is 3. The van der Waals surface area contributed by atoms with Gasteiger partial charge in [0.15, 0.2) is 11.6 Å². The second-order valence-electron chi connectivity index (χ2n) is 8.64. The van der Waals surface area contributed by atoms with Gasteiger partial charge in [-0.15, -0.1) is 4.48 Å². The van der Waals surface area contributed by atoms with E-state index in [-0.39, 0.29) is 12.2 Å². The first-order valence-electron chi connectivity index (χ1n) is 11.8. The zero-order chi connectivity index (χ0) is 28.2. The van der Waals surface area contributed by atoms with Gasteiger partial charge in [0.05, 0.1) is 17.9 Å². The molecule has 0 saturated heterocycles. The molecule has 4 rings (SSSR count). The lowest BCUT2D eigenvalue weighted by Gasteiger charge is -2.28. The molecule has 0 aliphatic heterocycles. The summed E-state index contributed by atoms with van der Waals surface area (Å²) >= 11 is 0. The van der Waals surface area contributed by atoms with Crippen LogP contribution in [0.1, 0.15) is 22.6 Å². The number of aromatic nitrogens is 1. The molecular weight excluding hydrogens is 523 g/mol. The Morgan fingerprint density at radius 1 is 1.05 bits per heavy atom. The van der Waals surface area contributed by atoms with Crippen LogP contribution in [-0.4, -0.2) is 33.8 Å². The Morgan fingerprint density at radius 2 is 1.74 bits per heavy atom. The summed E-state index contributed by atoms with van der Waals surface area (Å²) < 4.78 is 82.7. The van der Waals surface area contributed by atoms with E-state index in [1.54, 1.807) is 6.92 Å². The lowest BCUT2D eigenvalue weighted by molar-refractivity contribution is -0.266. The van der Waals surface area contributed by atoms with Crippen molar-refractivity contribution in [2.75, 3.05) is 6.61 Å². The summed E-state index contributed by atoms with van der Waals surface area (Å²) in [5.41, 5.74) is 0.146. The number of aliphatic carboxylic acids is 1. The predicted octanol–water partition coefficient (Wildman–Crippen LogP) is 6.48. The van der Waals surface area contributed by atoms with Crippen LogP contribution in [0.3, 0.4) is 0 Å². The van der Waals surface area contributed by atoms with Gasteiger partial charge >= 0.3 is 12.0 Å². The quantitative estimate of drug-likeness (QED) is 0.132. The molecule has 0 fully saturated rings. The van der Waals surface area contributed by atoms with Crippen LogP contribution in [0.2, 0.25) is 0 Å². The number of carbonyl (C=O) groups is 1. The maximum absolute atomic E-state index is 14.7. The lowest BCUT2D eigenvalue weighted by atomic mass is 10.0. The van der Waals surface area contributed by atoms with Crippen LogP contribution in [0.25, 0.3) is 11.5 Å². The molecule has 0 amide bonds. The highest BCUT2D eigenvalue weighted by Gasteiger charge is 2.49. The first-order valence-corrected chi connectivity index (χ1v) is 11.8. The van der Waals surface area contributed by atoms with E-state index < -0.39 is 46.8 Å². The first-order chi connectivity index (χ1) is 18.6. The molecule has 0 aliphatic carbocycles. The van der Waals surface area contributed by atoms with E-state index in [9.17, 15) is 31.9 Å². The highest BCUT2D eigenvalue weighted by atomic mass is 19.3. The molecule has 39 heavy (non-hydrogen) atoms. The van der Waals surface area contributed by atoms with E-state index in [2.05, 4.69) is 4.98 Å². The molecule has 1 unspecified atom stereocenters. The molecule has 1 N–H and O–H groups in total. The molecule has 0 saturated carbocycles. The van der Waals surface area contributed by atoms with Gasteiger partial charge in [-0.3, -0.25) is 4.79 Å². The summed E-state index contributed by atoms with van der Waals surface area (Å²) in [4.78, 5) is 16.1. The average Bonchev–Trinajstić information content (AvgIpc) is 3.29. The van der Waals surface area contributed by atoms with Crippen molar-refractivity contribution in [2.45, 2.75) is 31.9 Å². The van der Waals surface area contributed by atoms with Crippen LogP contribution >= 0.6 is 0 Å². The monoisotopic (exact) mass is 546 g/mol. The number of halogens is 5. The smallest absolute Gasteiger partial charge is 0.360 e. The maximum Gasteiger partial charge on any atom is 0.360 e. The van der Waals surface area contributed by atoms with E-state index in [0.29, 0.717) is 41.6 Å². The number of carboxylic acid groups (broad SMARTS) is 1. The van der Waals surface area contributed by atoms with E-state index >= 15 is 0 Å². The summed E-state index contributed by atoms with van der Waals surface area (Å²) in [6.45, 7) is 2.03. The van der Waals surface area contributed by atoms with Crippen molar-refractivity contribution in [3.8, 4) is 17.2 Å². The lowest BCUT2D eigenvalue weighted by Crippen LogP contribution is -2.46. The molecule has 3 aromatic carbocycles. The minimum atomic E-state index is -4.74. The van der Waals surface area contributed by atoms with Gasteiger partial charge in [-0.1, -0.05) is 41.5 Å².